The van der Waals surface area contributed by atoms with Gasteiger partial charge in [-0.2, -0.15) is 4.31 Å². The summed E-state index contributed by atoms with van der Waals surface area (Å²) in [5.74, 6) is -0.444. The number of hydrogen-bond donors (Lipinski definition) is 1. The second kappa shape index (κ2) is 8.70. The molecule has 1 aliphatic heterocycles. The van der Waals surface area contributed by atoms with E-state index < -0.39 is 22.2 Å². The number of methoxy groups -OCH3 is 1. The highest BCUT2D eigenvalue weighted by molar-refractivity contribution is 7.89. The second-order valence-electron chi connectivity index (χ2n) is 7.15. The highest BCUT2D eigenvalue weighted by Crippen LogP contribution is 2.38. The van der Waals surface area contributed by atoms with E-state index in [1.165, 1.54) is 11.4 Å². The Morgan fingerprint density at radius 3 is 2.39 bits per heavy atom. The van der Waals surface area contributed by atoms with Gasteiger partial charge in [0, 0.05) is 11.6 Å². The van der Waals surface area contributed by atoms with Gasteiger partial charge in [0.05, 0.1) is 18.4 Å². The molecule has 0 aromatic heterocycles. The van der Waals surface area contributed by atoms with Crippen LogP contribution in [-0.2, 0) is 21.2 Å². The second-order valence-corrected chi connectivity index (χ2v) is 9.44. The van der Waals surface area contributed by atoms with Crippen molar-refractivity contribution in [2.45, 2.75) is 17.5 Å². The summed E-state index contributed by atoms with van der Waals surface area (Å²) in [6.45, 7) is 0.273. The number of para-hydroxylation sites is 1. The number of carbonyl (C=O) groups excluding carboxylic acids is 1. The summed E-state index contributed by atoms with van der Waals surface area (Å²) in [5.41, 5.74) is 2.66. The number of halogens is 1. The number of rotatable bonds is 5. The maximum absolute atomic E-state index is 13.5. The van der Waals surface area contributed by atoms with Crippen molar-refractivity contribution in [1.29, 1.82) is 0 Å². The summed E-state index contributed by atoms with van der Waals surface area (Å²) >= 11 is 5.96. The maximum atomic E-state index is 13.5. The topological polar surface area (TPSA) is 75.7 Å². The third-order valence-corrected chi connectivity index (χ3v) is 7.41. The Morgan fingerprint density at radius 2 is 1.71 bits per heavy atom. The van der Waals surface area contributed by atoms with E-state index in [0.29, 0.717) is 22.7 Å². The lowest BCUT2D eigenvalue weighted by Gasteiger charge is -2.37. The van der Waals surface area contributed by atoms with Crippen molar-refractivity contribution < 1.29 is 17.9 Å². The van der Waals surface area contributed by atoms with E-state index in [4.69, 9.17) is 16.3 Å². The summed E-state index contributed by atoms with van der Waals surface area (Å²) < 4.78 is 33.2. The van der Waals surface area contributed by atoms with E-state index in [-0.39, 0.29) is 11.4 Å². The number of esters is 1. The normalized spacial score (nSPS) is 17.4. The van der Waals surface area contributed by atoms with E-state index in [1.807, 2.05) is 12.1 Å². The van der Waals surface area contributed by atoms with Gasteiger partial charge in [0.15, 0.2) is 0 Å². The number of benzene rings is 3. The predicted octanol–water partition coefficient (Wildman–Crippen LogP) is 4.48. The largest absolute Gasteiger partial charge is 0.465 e. The number of sulfonamides is 1. The van der Waals surface area contributed by atoms with E-state index in [0.717, 1.165) is 11.1 Å². The van der Waals surface area contributed by atoms with Crippen molar-refractivity contribution in [2.24, 2.45) is 0 Å². The number of fused-ring (bicyclic) bond motifs is 1. The lowest BCUT2D eigenvalue weighted by Crippen LogP contribution is -2.43. The Bertz CT molecular complexity index is 1200. The van der Waals surface area contributed by atoms with Crippen LogP contribution in [0.25, 0.3) is 0 Å². The molecule has 6 nitrogen and oxygen atoms in total. The number of anilines is 1. The quantitative estimate of drug-likeness (QED) is 0.573. The SMILES string of the molecule is COC(=O)c1ccc([C@@H]2Nc3ccccc3S(=O)(=O)N2CCc2ccc(Cl)cc2)cc1. The molecule has 8 heteroatoms. The van der Waals surface area contributed by atoms with Crippen LogP contribution in [0.4, 0.5) is 5.69 Å². The van der Waals surface area contributed by atoms with Crippen molar-refractivity contribution in [3.63, 3.8) is 0 Å². The Balaban J connectivity index is 1.70. The first kappa shape index (κ1) is 21.4. The Morgan fingerprint density at radius 1 is 1.03 bits per heavy atom. The lowest BCUT2D eigenvalue weighted by atomic mass is 10.1. The first-order valence-corrected chi connectivity index (χ1v) is 11.5. The lowest BCUT2D eigenvalue weighted by molar-refractivity contribution is 0.0600. The molecule has 0 spiro atoms. The highest BCUT2D eigenvalue weighted by Gasteiger charge is 2.38. The fourth-order valence-corrected chi connectivity index (χ4v) is 5.42. The maximum Gasteiger partial charge on any atom is 0.337 e. The molecule has 0 unspecified atom stereocenters. The van der Waals surface area contributed by atoms with Crippen LogP contribution in [0.3, 0.4) is 0 Å². The van der Waals surface area contributed by atoms with E-state index in [1.54, 1.807) is 60.7 Å². The van der Waals surface area contributed by atoms with Gasteiger partial charge in [0.2, 0.25) is 10.0 Å². The Kier molecular flexibility index (Phi) is 6.00. The van der Waals surface area contributed by atoms with Crippen molar-refractivity contribution in [1.82, 2.24) is 4.31 Å². The van der Waals surface area contributed by atoms with Crippen molar-refractivity contribution in [3.05, 3.63) is 94.5 Å². The molecule has 0 saturated carbocycles. The van der Waals surface area contributed by atoms with Crippen LogP contribution in [0.5, 0.6) is 0 Å². The zero-order valence-corrected chi connectivity index (χ0v) is 18.4. The summed E-state index contributed by atoms with van der Waals surface area (Å²) in [4.78, 5) is 12.0. The van der Waals surface area contributed by atoms with Crippen molar-refractivity contribution >= 4 is 33.3 Å². The molecule has 0 amide bonds. The van der Waals surface area contributed by atoms with Crippen LogP contribution in [0.1, 0.15) is 27.7 Å². The molecule has 0 saturated heterocycles. The molecule has 1 heterocycles. The molecule has 1 atom stereocenters. The molecule has 160 valence electrons. The smallest absolute Gasteiger partial charge is 0.337 e. The van der Waals surface area contributed by atoms with Gasteiger partial charge in [-0.3, -0.25) is 0 Å². The number of nitrogens with zero attached hydrogens (tertiary/aromatic N) is 1. The van der Waals surface area contributed by atoms with Crippen LogP contribution >= 0.6 is 11.6 Å². The fraction of sp³-hybridized carbons (Fsp3) is 0.174. The molecule has 4 rings (SSSR count). The predicted molar refractivity (Wildman–Crippen MR) is 120 cm³/mol. The summed E-state index contributed by atoms with van der Waals surface area (Å²) in [5, 5.41) is 3.97. The van der Waals surface area contributed by atoms with Gasteiger partial charge in [-0.15, -0.1) is 0 Å². The number of hydrogen-bond acceptors (Lipinski definition) is 5. The minimum atomic E-state index is -3.74. The monoisotopic (exact) mass is 456 g/mol. The van der Waals surface area contributed by atoms with Crippen LogP contribution in [-0.4, -0.2) is 32.3 Å². The Labute approximate surface area is 186 Å². The molecule has 1 N–H and O–H groups in total. The van der Waals surface area contributed by atoms with Crippen LogP contribution in [0.2, 0.25) is 5.02 Å². The molecular weight excluding hydrogens is 436 g/mol. The molecule has 0 fully saturated rings. The van der Waals surface area contributed by atoms with Gasteiger partial charge in [-0.05, 0) is 53.9 Å². The van der Waals surface area contributed by atoms with Gasteiger partial charge in [0.1, 0.15) is 11.1 Å². The minimum absolute atomic E-state index is 0.244. The minimum Gasteiger partial charge on any atom is -0.465 e. The van der Waals surface area contributed by atoms with Gasteiger partial charge < -0.3 is 10.1 Å². The van der Waals surface area contributed by atoms with E-state index >= 15 is 0 Å². The molecular formula is C23H21ClN2O4S. The van der Waals surface area contributed by atoms with Crippen molar-refractivity contribution in [3.8, 4) is 0 Å². The average Bonchev–Trinajstić information content (AvgIpc) is 2.79. The van der Waals surface area contributed by atoms with Gasteiger partial charge in [0.25, 0.3) is 0 Å². The Hall–Kier alpha value is -2.87. The molecule has 3 aromatic carbocycles. The molecule has 1 aliphatic rings. The zero-order valence-electron chi connectivity index (χ0n) is 16.8. The van der Waals surface area contributed by atoms with Gasteiger partial charge in [-0.1, -0.05) is 48.0 Å². The van der Waals surface area contributed by atoms with Crippen LogP contribution in [0.15, 0.2) is 77.7 Å². The third-order valence-electron chi connectivity index (χ3n) is 5.24. The van der Waals surface area contributed by atoms with Crippen LogP contribution < -0.4 is 5.32 Å². The molecule has 31 heavy (non-hydrogen) atoms. The molecule has 0 radical (unpaired) electrons. The summed E-state index contributed by atoms with van der Waals surface area (Å²) in [6, 6.07) is 21.0. The summed E-state index contributed by atoms with van der Waals surface area (Å²) in [7, 11) is -2.42. The highest BCUT2D eigenvalue weighted by atomic mass is 35.5. The third kappa shape index (κ3) is 4.30. The van der Waals surface area contributed by atoms with Gasteiger partial charge >= 0.3 is 5.97 Å². The van der Waals surface area contributed by atoms with Gasteiger partial charge in [-0.25, -0.2) is 13.2 Å². The number of ether oxygens (including phenoxy) is 1. The van der Waals surface area contributed by atoms with Crippen molar-refractivity contribution in [2.75, 3.05) is 19.0 Å². The first-order chi connectivity index (χ1) is 14.9. The standard InChI is InChI=1S/C23H21ClN2O4S/c1-30-23(27)18-10-8-17(9-11-18)22-25-20-4-2-3-5-21(20)31(28,29)26(22)15-14-16-6-12-19(24)13-7-16/h2-13,22,25H,14-15H2,1H3/t22-/m1/s1. The fourth-order valence-electron chi connectivity index (χ4n) is 3.60. The summed E-state index contributed by atoms with van der Waals surface area (Å²) in [6.07, 6.45) is -0.0873. The molecule has 0 bridgehead atoms. The van der Waals surface area contributed by atoms with E-state index in [2.05, 4.69) is 5.32 Å². The zero-order chi connectivity index (χ0) is 22.0. The first-order valence-electron chi connectivity index (χ1n) is 9.70. The molecule has 0 aliphatic carbocycles. The number of nitrogens with one attached hydrogen (secondary N) is 1. The average molecular weight is 457 g/mol. The van der Waals surface area contributed by atoms with Crippen LogP contribution in [0, 0.1) is 0 Å². The molecule has 3 aromatic rings. The number of carbonyl (C=O) groups is 1. The van der Waals surface area contributed by atoms with E-state index in [9.17, 15) is 13.2 Å².